The highest BCUT2D eigenvalue weighted by Gasteiger charge is 2.03. The van der Waals surface area contributed by atoms with Gasteiger partial charge in [-0.25, -0.2) is 4.98 Å². The zero-order valence-electron chi connectivity index (χ0n) is 11.5. The molecule has 3 rings (SSSR count). The molecule has 0 atom stereocenters. The van der Waals surface area contributed by atoms with Gasteiger partial charge in [-0.2, -0.15) is 0 Å². The van der Waals surface area contributed by atoms with Gasteiger partial charge >= 0.3 is 0 Å². The Hall–Kier alpha value is -2.07. The van der Waals surface area contributed by atoms with Gasteiger partial charge in [-0.1, -0.05) is 22.0 Å². The number of ether oxygens (including phenoxy) is 2. The number of fused-ring (bicyclic) bond motifs is 1. The van der Waals surface area contributed by atoms with Crippen LogP contribution in [-0.2, 0) is 0 Å². The number of benzene rings is 2. The minimum absolute atomic E-state index is 0.574. The van der Waals surface area contributed by atoms with E-state index in [4.69, 9.17) is 9.47 Å². The second kappa shape index (κ2) is 6.14. The average Bonchev–Trinajstić information content (AvgIpc) is 2.50. The van der Waals surface area contributed by atoms with Crippen LogP contribution < -0.4 is 9.47 Å². The molecule has 0 unspecified atom stereocenters. The molecule has 3 aromatic rings. The molecular formula is C17H14BrNO2. The maximum atomic E-state index is 5.78. The molecule has 2 aromatic carbocycles. The summed E-state index contributed by atoms with van der Waals surface area (Å²) in [7, 11) is 0. The van der Waals surface area contributed by atoms with Crippen molar-refractivity contribution in [1.82, 2.24) is 4.98 Å². The number of hydrogen-bond acceptors (Lipinski definition) is 3. The summed E-state index contributed by atoms with van der Waals surface area (Å²) in [5.74, 6) is 2.14. The molecule has 0 radical (unpaired) electrons. The fourth-order valence-electron chi connectivity index (χ4n) is 2.05. The van der Waals surface area contributed by atoms with Crippen LogP contribution in [0.4, 0.5) is 0 Å². The van der Waals surface area contributed by atoms with Crippen molar-refractivity contribution in [3.63, 3.8) is 0 Å². The van der Waals surface area contributed by atoms with Crippen molar-refractivity contribution in [1.29, 1.82) is 0 Å². The molecule has 0 N–H and O–H groups in total. The van der Waals surface area contributed by atoms with Crippen LogP contribution in [0.1, 0.15) is 6.92 Å². The summed E-state index contributed by atoms with van der Waals surface area (Å²) in [6.07, 6.45) is 0. The van der Waals surface area contributed by atoms with E-state index in [1.54, 1.807) is 0 Å². The first-order valence-electron chi connectivity index (χ1n) is 6.72. The quantitative estimate of drug-likeness (QED) is 0.653. The number of halogens is 1. The summed E-state index contributed by atoms with van der Waals surface area (Å²) in [4.78, 5) is 4.51. The van der Waals surface area contributed by atoms with E-state index < -0.39 is 0 Å². The van der Waals surface area contributed by atoms with Gasteiger partial charge in [0.15, 0.2) is 0 Å². The average molecular weight is 344 g/mol. The molecule has 1 heterocycles. The monoisotopic (exact) mass is 343 g/mol. The third-order valence-electron chi connectivity index (χ3n) is 3.01. The normalized spacial score (nSPS) is 10.6. The van der Waals surface area contributed by atoms with Gasteiger partial charge in [-0.3, -0.25) is 0 Å². The molecule has 0 fully saturated rings. The molecule has 0 amide bonds. The topological polar surface area (TPSA) is 31.4 Å². The minimum Gasteiger partial charge on any atom is -0.494 e. The van der Waals surface area contributed by atoms with Crippen LogP contribution >= 0.6 is 15.9 Å². The molecule has 0 aliphatic rings. The van der Waals surface area contributed by atoms with Crippen molar-refractivity contribution in [2.24, 2.45) is 0 Å². The Balaban J connectivity index is 1.84. The van der Waals surface area contributed by atoms with Crippen molar-refractivity contribution in [3.8, 4) is 17.4 Å². The van der Waals surface area contributed by atoms with Gasteiger partial charge < -0.3 is 9.47 Å². The lowest BCUT2D eigenvalue weighted by atomic mass is 10.2. The van der Waals surface area contributed by atoms with Crippen molar-refractivity contribution in [2.45, 2.75) is 6.92 Å². The lowest BCUT2D eigenvalue weighted by Gasteiger charge is -2.08. The zero-order valence-corrected chi connectivity index (χ0v) is 13.1. The van der Waals surface area contributed by atoms with E-state index in [-0.39, 0.29) is 0 Å². The molecule has 3 nitrogen and oxygen atoms in total. The van der Waals surface area contributed by atoms with E-state index in [0.29, 0.717) is 12.5 Å². The highest BCUT2D eigenvalue weighted by atomic mass is 79.9. The lowest BCUT2D eigenvalue weighted by Crippen LogP contribution is -1.92. The predicted octanol–water partition coefficient (Wildman–Crippen LogP) is 5.19. The summed E-state index contributed by atoms with van der Waals surface area (Å²) >= 11 is 3.52. The number of hydrogen-bond donors (Lipinski definition) is 0. The highest BCUT2D eigenvalue weighted by molar-refractivity contribution is 9.10. The second-order valence-electron chi connectivity index (χ2n) is 4.46. The van der Waals surface area contributed by atoms with Crippen LogP contribution in [0.25, 0.3) is 10.9 Å². The molecule has 0 saturated carbocycles. The summed E-state index contributed by atoms with van der Waals surface area (Å²) in [5.41, 5.74) is 0.896. The lowest BCUT2D eigenvalue weighted by molar-refractivity contribution is 0.339. The van der Waals surface area contributed by atoms with Crippen LogP contribution in [0.5, 0.6) is 17.4 Å². The number of rotatable bonds is 4. The van der Waals surface area contributed by atoms with Gasteiger partial charge in [0.1, 0.15) is 11.5 Å². The number of aromatic nitrogens is 1. The van der Waals surface area contributed by atoms with Crippen molar-refractivity contribution >= 4 is 26.8 Å². The van der Waals surface area contributed by atoms with Gasteiger partial charge in [0.25, 0.3) is 0 Å². The summed E-state index contributed by atoms with van der Waals surface area (Å²) in [5, 5.41) is 1.07. The van der Waals surface area contributed by atoms with Gasteiger partial charge in [0.2, 0.25) is 5.88 Å². The summed E-state index contributed by atoms with van der Waals surface area (Å²) < 4.78 is 12.2. The Morgan fingerprint density at radius 1 is 0.952 bits per heavy atom. The summed E-state index contributed by atoms with van der Waals surface area (Å²) in [6, 6.07) is 17.3. The SMILES string of the molecule is CCOc1ccc(Oc2ccc3c(Br)cccc3n2)cc1. The van der Waals surface area contributed by atoms with Crippen LogP contribution in [0.15, 0.2) is 59.1 Å². The molecule has 0 saturated heterocycles. The maximum absolute atomic E-state index is 5.78. The molecule has 4 heteroatoms. The Bertz CT molecular complexity index is 756. The van der Waals surface area contributed by atoms with Crippen molar-refractivity contribution < 1.29 is 9.47 Å². The minimum atomic E-state index is 0.574. The fraction of sp³-hybridized carbons (Fsp3) is 0.118. The zero-order chi connectivity index (χ0) is 14.7. The largest absolute Gasteiger partial charge is 0.494 e. The van der Waals surface area contributed by atoms with Crippen LogP contribution in [0.2, 0.25) is 0 Å². The predicted molar refractivity (Wildman–Crippen MR) is 87.1 cm³/mol. The molecule has 0 spiro atoms. The first-order chi connectivity index (χ1) is 10.3. The molecule has 106 valence electrons. The van der Waals surface area contributed by atoms with E-state index in [1.807, 2.05) is 61.5 Å². The molecule has 0 aliphatic carbocycles. The second-order valence-corrected chi connectivity index (χ2v) is 5.32. The van der Waals surface area contributed by atoms with E-state index in [9.17, 15) is 0 Å². The van der Waals surface area contributed by atoms with E-state index in [1.165, 1.54) is 0 Å². The molecular weight excluding hydrogens is 330 g/mol. The molecule has 21 heavy (non-hydrogen) atoms. The van der Waals surface area contributed by atoms with E-state index in [0.717, 1.165) is 26.9 Å². The Morgan fingerprint density at radius 3 is 2.48 bits per heavy atom. The van der Waals surface area contributed by atoms with Crippen LogP contribution in [-0.4, -0.2) is 11.6 Å². The van der Waals surface area contributed by atoms with E-state index in [2.05, 4.69) is 20.9 Å². The van der Waals surface area contributed by atoms with Gasteiger partial charge in [0.05, 0.1) is 12.1 Å². The fourth-order valence-corrected chi connectivity index (χ4v) is 2.53. The van der Waals surface area contributed by atoms with Gasteiger partial charge in [0, 0.05) is 15.9 Å². The highest BCUT2D eigenvalue weighted by Crippen LogP contribution is 2.27. The molecule has 0 bridgehead atoms. The Kier molecular flexibility index (Phi) is 4.06. The molecule has 0 aliphatic heterocycles. The standard InChI is InChI=1S/C17H14BrNO2/c1-2-20-12-6-8-13(9-7-12)21-17-11-10-14-15(18)4-3-5-16(14)19-17/h3-11H,2H2,1H3. The Labute approximate surface area is 131 Å². The number of pyridine rings is 1. The third-order valence-corrected chi connectivity index (χ3v) is 3.70. The third kappa shape index (κ3) is 3.16. The first kappa shape index (κ1) is 13.9. The smallest absolute Gasteiger partial charge is 0.219 e. The van der Waals surface area contributed by atoms with Gasteiger partial charge in [-0.15, -0.1) is 0 Å². The Morgan fingerprint density at radius 2 is 1.71 bits per heavy atom. The van der Waals surface area contributed by atoms with Gasteiger partial charge in [-0.05, 0) is 49.4 Å². The summed E-state index contributed by atoms with van der Waals surface area (Å²) in [6.45, 7) is 2.61. The van der Waals surface area contributed by atoms with Crippen molar-refractivity contribution in [2.75, 3.05) is 6.61 Å². The van der Waals surface area contributed by atoms with Crippen molar-refractivity contribution in [3.05, 3.63) is 59.1 Å². The van der Waals surface area contributed by atoms with E-state index >= 15 is 0 Å². The maximum Gasteiger partial charge on any atom is 0.219 e. The molecule has 1 aromatic heterocycles. The van der Waals surface area contributed by atoms with Crippen LogP contribution in [0.3, 0.4) is 0 Å². The first-order valence-corrected chi connectivity index (χ1v) is 7.51. The van der Waals surface area contributed by atoms with Crippen LogP contribution in [0, 0.1) is 0 Å². The number of nitrogens with zero attached hydrogens (tertiary/aromatic N) is 1.